The lowest BCUT2D eigenvalue weighted by molar-refractivity contribution is 0.122. The number of rotatable bonds is 6. The van der Waals surface area contributed by atoms with Gasteiger partial charge in [0.25, 0.3) is 6.43 Å². The summed E-state index contributed by atoms with van der Waals surface area (Å²) >= 11 is 12.8. The number of hydrogen-bond donors (Lipinski definition) is 1. The topological polar surface area (TPSA) is 62.1 Å². The van der Waals surface area contributed by atoms with E-state index in [0.29, 0.717) is 22.7 Å². The highest BCUT2D eigenvalue weighted by molar-refractivity contribution is 6.34. The van der Waals surface area contributed by atoms with Crippen LogP contribution in [0.5, 0.6) is 0 Å². The molecule has 0 aliphatic carbocycles. The van der Waals surface area contributed by atoms with Gasteiger partial charge in [-0.1, -0.05) is 23.2 Å². The normalized spacial score (nSPS) is 18.0. The summed E-state index contributed by atoms with van der Waals surface area (Å²) in [7, 11) is 0. The van der Waals surface area contributed by atoms with Crippen molar-refractivity contribution in [1.29, 1.82) is 0 Å². The van der Waals surface area contributed by atoms with Gasteiger partial charge in [-0.2, -0.15) is 5.10 Å². The Morgan fingerprint density at radius 2 is 1.82 bits per heavy atom. The Balaban J connectivity index is 1.33. The Morgan fingerprint density at radius 1 is 1.06 bits per heavy atom. The van der Waals surface area contributed by atoms with E-state index in [2.05, 4.69) is 30.2 Å². The van der Waals surface area contributed by atoms with Crippen molar-refractivity contribution in [1.82, 2.24) is 24.6 Å². The summed E-state index contributed by atoms with van der Waals surface area (Å²) in [6.07, 6.45) is 5.40. The van der Waals surface area contributed by atoms with Crippen LogP contribution in [0.4, 0.5) is 26.1 Å². The summed E-state index contributed by atoms with van der Waals surface area (Å²) < 4.78 is 26.3. The van der Waals surface area contributed by atoms with Crippen LogP contribution in [0, 0.1) is 0 Å². The highest BCUT2D eigenvalue weighted by Gasteiger charge is 2.27. The maximum atomic E-state index is 12.7. The predicted molar refractivity (Wildman–Crippen MR) is 127 cm³/mol. The zero-order valence-electron chi connectivity index (χ0n) is 18.0. The first kappa shape index (κ1) is 22.6. The summed E-state index contributed by atoms with van der Waals surface area (Å²) in [5.74, 6) is 0.307. The van der Waals surface area contributed by atoms with Crippen LogP contribution in [0.2, 0.25) is 10.2 Å². The molecule has 3 aromatic rings. The molecule has 0 amide bonds. The molecule has 7 nitrogen and oxygen atoms in total. The van der Waals surface area contributed by atoms with Crippen LogP contribution in [0.15, 0.2) is 24.5 Å². The van der Waals surface area contributed by atoms with E-state index < -0.39 is 13.0 Å². The first-order valence-electron chi connectivity index (χ1n) is 11.2. The summed E-state index contributed by atoms with van der Waals surface area (Å²) in [4.78, 5) is 13.9. The Bertz CT molecular complexity index is 1130. The van der Waals surface area contributed by atoms with E-state index in [0.717, 1.165) is 47.2 Å². The summed E-state index contributed by atoms with van der Waals surface area (Å²) in [6.45, 7) is 3.79. The van der Waals surface area contributed by atoms with Crippen LogP contribution < -0.4 is 10.2 Å². The van der Waals surface area contributed by atoms with E-state index in [1.54, 1.807) is 6.20 Å². The van der Waals surface area contributed by atoms with Gasteiger partial charge in [-0.05, 0) is 50.9 Å². The number of halogens is 4. The zero-order valence-corrected chi connectivity index (χ0v) is 19.5. The third-order valence-corrected chi connectivity index (χ3v) is 7.14. The molecule has 0 bridgehead atoms. The van der Waals surface area contributed by atoms with Crippen molar-refractivity contribution in [2.75, 3.05) is 36.4 Å². The molecule has 0 unspecified atom stereocenters. The minimum atomic E-state index is -2.55. The fourth-order valence-corrected chi connectivity index (χ4v) is 5.25. The zero-order chi connectivity index (χ0) is 22.9. The van der Waals surface area contributed by atoms with Crippen molar-refractivity contribution in [2.45, 2.75) is 44.7 Å². The molecule has 5 rings (SSSR count). The van der Waals surface area contributed by atoms with Gasteiger partial charge in [0.05, 0.1) is 28.1 Å². The Kier molecular flexibility index (Phi) is 6.53. The lowest BCUT2D eigenvalue weighted by atomic mass is 10.0. The monoisotopic (exact) mass is 495 g/mol. The molecule has 4 heterocycles. The number of benzene rings is 1. The van der Waals surface area contributed by atoms with Crippen molar-refractivity contribution in [3.8, 4) is 0 Å². The predicted octanol–water partition coefficient (Wildman–Crippen LogP) is 5.21. The molecule has 1 aromatic carbocycles. The Morgan fingerprint density at radius 3 is 2.55 bits per heavy atom. The highest BCUT2D eigenvalue weighted by atomic mass is 35.5. The van der Waals surface area contributed by atoms with Crippen molar-refractivity contribution < 1.29 is 8.78 Å². The minimum Gasteiger partial charge on any atom is -0.370 e. The number of alkyl halides is 2. The molecule has 2 saturated heterocycles. The highest BCUT2D eigenvalue weighted by Crippen LogP contribution is 2.34. The molecule has 2 fully saturated rings. The minimum absolute atomic E-state index is 0.0802. The molecule has 2 aliphatic rings. The third kappa shape index (κ3) is 4.85. The maximum Gasteiger partial charge on any atom is 0.257 e. The second kappa shape index (κ2) is 9.56. The summed E-state index contributed by atoms with van der Waals surface area (Å²) in [6, 6.07) is 4.54. The van der Waals surface area contributed by atoms with Gasteiger partial charge in [0.2, 0.25) is 5.95 Å². The first-order valence-corrected chi connectivity index (χ1v) is 12.0. The molecule has 0 radical (unpaired) electrons. The number of nitrogens with one attached hydrogen (secondary N) is 1. The molecule has 176 valence electrons. The van der Waals surface area contributed by atoms with E-state index in [1.807, 2.05) is 12.1 Å². The fourth-order valence-electron chi connectivity index (χ4n) is 4.75. The van der Waals surface area contributed by atoms with Crippen LogP contribution in [0.1, 0.15) is 25.7 Å². The number of likely N-dealkylation sites (tertiary alicyclic amines) is 1. The largest absolute Gasteiger partial charge is 0.370 e. The summed E-state index contributed by atoms with van der Waals surface area (Å²) in [5, 5.41) is 8.45. The van der Waals surface area contributed by atoms with Gasteiger partial charge < -0.3 is 15.1 Å². The van der Waals surface area contributed by atoms with Gasteiger partial charge >= 0.3 is 0 Å². The van der Waals surface area contributed by atoms with Gasteiger partial charge in [-0.3, -0.25) is 0 Å². The van der Waals surface area contributed by atoms with Gasteiger partial charge in [-0.15, -0.1) is 0 Å². The number of anilines is 3. The fraction of sp³-hybridized carbons (Fsp3) is 0.500. The molecule has 1 N–H and O–H groups in total. The SMILES string of the molecule is FC(F)Cn1ncc(Nc2ncc3cc(Cl)c(N4CCC(N5CCCC5)CC4)cc3n2)c1Cl. The average Bonchev–Trinajstić information content (AvgIpc) is 3.45. The molecule has 2 aromatic heterocycles. The molecule has 33 heavy (non-hydrogen) atoms. The second-order valence-electron chi connectivity index (χ2n) is 8.56. The van der Waals surface area contributed by atoms with E-state index in [1.165, 1.54) is 32.1 Å². The lowest BCUT2D eigenvalue weighted by Crippen LogP contribution is -2.43. The van der Waals surface area contributed by atoms with Gasteiger partial charge in [0.15, 0.2) is 5.15 Å². The Hall–Kier alpha value is -2.23. The molecule has 0 saturated carbocycles. The van der Waals surface area contributed by atoms with Crippen LogP contribution >= 0.6 is 23.2 Å². The maximum absolute atomic E-state index is 12.7. The van der Waals surface area contributed by atoms with E-state index in [9.17, 15) is 8.78 Å². The quantitative estimate of drug-likeness (QED) is 0.506. The number of hydrogen-bond acceptors (Lipinski definition) is 6. The van der Waals surface area contributed by atoms with Crippen molar-refractivity contribution in [3.63, 3.8) is 0 Å². The van der Waals surface area contributed by atoms with Gasteiger partial charge in [-0.25, -0.2) is 23.4 Å². The number of fused-ring (bicyclic) bond motifs is 1. The first-order chi connectivity index (χ1) is 16.0. The average molecular weight is 496 g/mol. The van der Waals surface area contributed by atoms with E-state index in [4.69, 9.17) is 23.2 Å². The second-order valence-corrected chi connectivity index (χ2v) is 9.33. The van der Waals surface area contributed by atoms with Gasteiger partial charge in [0.1, 0.15) is 6.54 Å². The standard InChI is InChI=1S/C22H25Cl2F2N7/c23-16-9-14-11-27-22(30-18-12-28-33(21(18)24)13-20(25)26)29-17(14)10-19(16)32-7-3-15(4-8-32)31-5-1-2-6-31/h9-12,15,20H,1-8,13H2,(H,27,29,30). The van der Waals surface area contributed by atoms with Crippen LogP contribution in [0.3, 0.4) is 0 Å². The van der Waals surface area contributed by atoms with Crippen LogP contribution in [0.25, 0.3) is 10.9 Å². The lowest BCUT2D eigenvalue weighted by Gasteiger charge is -2.38. The molecular formula is C22H25Cl2F2N7. The van der Waals surface area contributed by atoms with E-state index >= 15 is 0 Å². The van der Waals surface area contributed by atoms with Crippen molar-refractivity contribution >= 4 is 51.4 Å². The molecule has 11 heteroatoms. The number of nitrogens with zero attached hydrogens (tertiary/aromatic N) is 6. The van der Waals surface area contributed by atoms with Crippen molar-refractivity contribution in [3.05, 3.63) is 34.7 Å². The molecular weight excluding hydrogens is 471 g/mol. The number of aromatic nitrogens is 4. The van der Waals surface area contributed by atoms with Crippen LogP contribution in [-0.4, -0.2) is 63.3 Å². The summed E-state index contributed by atoms with van der Waals surface area (Å²) in [5.41, 5.74) is 2.08. The third-order valence-electron chi connectivity index (χ3n) is 6.44. The van der Waals surface area contributed by atoms with Crippen LogP contribution in [-0.2, 0) is 6.54 Å². The van der Waals surface area contributed by atoms with E-state index in [-0.39, 0.29) is 5.15 Å². The molecule has 0 atom stereocenters. The van der Waals surface area contributed by atoms with Gasteiger partial charge in [0, 0.05) is 30.7 Å². The molecule has 0 spiro atoms. The smallest absolute Gasteiger partial charge is 0.257 e. The molecule has 2 aliphatic heterocycles. The number of piperidine rings is 1. The Labute approximate surface area is 200 Å². The van der Waals surface area contributed by atoms with Crippen molar-refractivity contribution in [2.24, 2.45) is 0 Å².